The summed E-state index contributed by atoms with van der Waals surface area (Å²) < 4.78 is 26.2. The van der Waals surface area contributed by atoms with E-state index in [0.29, 0.717) is 42.4 Å². The molecule has 2 fully saturated rings. The van der Waals surface area contributed by atoms with Gasteiger partial charge in [-0.15, -0.1) is 0 Å². The van der Waals surface area contributed by atoms with Gasteiger partial charge < -0.3 is 5.11 Å². The van der Waals surface area contributed by atoms with E-state index >= 15 is 0 Å². The number of sulfone groups is 1. The quantitative estimate of drug-likeness (QED) is 0.493. The fourth-order valence-electron chi connectivity index (χ4n) is 7.28. The molecule has 0 spiro atoms. The van der Waals surface area contributed by atoms with Gasteiger partial charge in [-0.25, -0.2) is 8.42 Å². The maximum absolute atomic E-state index is 13.1. The van der Waals surface area contributed by atoms with Crippen molar-refractivity contribution in [1.29, 1.82) is 0 Å². The molecule has 1 N–H and O–H groups in total. The highest BCUT2D eigenvalue weighted by Gasteiger charge is 2.51. The molecule has 0 bridgehead atoms. The normalized spacial score (nSPS) is 40.2. The van der Waals surface area contributed by atoms with Gasteiger partial charge in [0.25, 0.3) is 0 Å². The Morgan fingerprint density at radius 3 is 2.53 bits per heavy atom. The highest BCUT2D eigenvalue weighted by molar-refractivity contribution is 7.92. The minimum absolute atomic E-state index is 0.212. The molecule has 3 aliphatic carbocycles. The first-order valence-corrected chi connectivity index (χ1v) is 14.7. The molecule has 1 heterocycles. The van der Waals surface area contributed by atoms with Gasteiger partial charge in [0.15, 0.2) is 9.84 Å². The summed E-state index contributed by atoms with van der Waals surface area (Å²) in [7, 11) is -3.17. The third-order valence-electron chi connectivity index (χ3n) is 9.60. The fourth-order valence-corrected chi connectivity index (χ4v) is 9.36. The monoisotopic (exact) mass is 460 g/mol. The number of rotatable bonds is 5. The summed E-state index contributed by atoms with van der Waals surface area (Å²) >= 11 is 0. The van der Waals surface area contributed by atoms with Crippen molar-refractivity contribution < 1.29 is 13.5 Å². The van der Waals surface area contributed by atoms with Gasteiger partial charge in [0.2, 0.25) is 0 Å². The molecule has 0 radical (unpaired) electrons. The van der Waals surface area contributed by atoms with Crippen LogP contribution in [0, 0.1) is 35.0 Å². The van der Waals surface area contributed by atoms with Gasteiger partial charge in [-0.3, -0.25) is 0 Å². The van der Waals surface area contributed by atoms with Crippen molar-refractivity contribution in [1.82, 2.24) is 0 Å². The van der Waals surface area contributed by atoms with Crippen LogP contribution < -0.4 is 0 Å². The Kier molecular flexibility index (Phi) is 6.87. The zero-order chi connectivity index (χ0) is 23.3. The number of aliphatic hydroxyl groups is 1. The smallest absolute Gasteiger partial charge is 0.164 e. The van der Waals surface area contributed by atoms with Gasteiger partial charge in [-0.05, 0) is 91.9 Å². The van der Waals surface area contributed by atoms with Gasteiger partial charge >= 0.3 is 0 Å². The Morgan fingerprint density at radius 1 is 1.06 bits per heavy atom. The SMILES string of the molecule is CC(C)[C@@H](C)/C=C/[C@@H](C)[C@H]1CCC2/C(=C\C3C4=C(CCC(O)C4)CS3(=O)=O)CCC[C@@]21C. The number of aliphatic hydroxyl groups excluding tert-OH is 1. The molecule has 180 valence electrons. The fraction of sp³-hybridized carbons (Fsp3) is 0.786. The lowest BCUT2D eigenvalue weighted by atomic mass is 9.61. The predicted molar refractivity (Wildman–Crippen MR) is 133 cm³/mol. The van der Waals surface area contributed by atoms with E-state index in [2.05, 4.69) is 52.8 Å². The molecule has 0 aromatic heterocycles. The van der Waals surface area contributed by atoms with Crippen molar-refractivity contribution in [3.63, 3.8) is 0 Å². The zero-order valence-electron chi connectivity index (χ0n) is 20.8. The summed E-state index contributed by atoms with van der Waals surface area (Å²) in [5.41, 5.74) is 3.78. The zero-order valence-corrected chi connectivity index (χ0v) is 21.6. The summed E-state index contributed by atoms with van der Waals surface area (Å²) in [6.45, 7) is 11.8. The van der Waals surface area contributed by atoms with Gasteiger partial charge in [0.05, 0.1) is 11.9 Å². The minimum atomic E-state index is -3.17. The summed E-state index contributed by atoms with van der Waals surface area (Å²) in [5, 5.41) is 9.73. The molecule has 0 saturated heterocycles. The van der Waals surface area contributed by atoms with E-state index in [1.54, 1.807) is 0 Å². The molecular formula is C28H44O3S. The summed E-state index contributed by atoms with van der Waals surface area (Å²) in [5.74, 6) is 3.21. The van der Waals surface area contributed by atoms with Crippen molar-refractivity contribution in [2.75, 3.05) is 5.75 Å². The molecule has 7 atom stereocenters. The van der Waals surface area contributed by atoms with Crippen LogP contribution in [-0.2, 0) is 9.84 Å². The first-order chi connectivity index (χ1) is 15.0. The first kappa shape index (κ1) is 24.3. The van der Waals surface area contributed by atoms with Crippen LogP contribution >= 0.6 is 0 Å². The van der Waals surface area contributed by atoms with E-state index in [-0.39, 0.29) is 17.3 Å². The average Bonchev–Trinajstić information content (AvgIpc) is 3.20. The van der Waals surface area contributed by atoms with E-state index in [0.717, 1.165) is 30.4 Å². The lowest BCUT2D eigenvalue weighted by Crippen LogP contribution is -2.36. The molecule has 0 aromatic carbocycles. The van der Waals surface area contributed by atoms with Crippen LogP contribution in [-0.4, -0.2) is 30.6 Å². The third-order valence-corrected chi connectivity index (χ3v) is 11.5. The van der Waals surface area contributed by atoms with Crippen LogP contribution in [0.4, 0.5) is 0 Å². The Labute approximate surface area is 196 Å². The van der Waals surface area contributed by atoms with Gasteiger partial charge in [0.1, 0.15) is 5.25 Å². The molecule has 32 heavy (non-hydrogen) atoms. The van der Waals surface area contributed by atoms with E-state index in [1.807, 2.05) is 0 Å². The Morgan fingerprint density at radius 2 is 1.81 bits per heavy atom. The number of allylic oxidation sites excluding steroid dienone is 3. The Bertz CT molecular complexity index is 909. The van der Waals surface area contributed by atoms with Crippen LogP contribution in [0.1, 0.15) is 86.0 Å². The van der Waals surface area contributed by atoms with Crippen LogP contribution in [0.15, 0.2) is 34.9 Å². The Balaban J connectivity index is 1.58. The second-order valence-electron chi connectivity index (χ2n) is 11.9. The highest BCUT2D eigenvalue weighted by Crippen LogP contribution is 2.60. The van der Waals surface area contributed by atoms with Crippen molar-refractivity contribution in [3.05, 3.63) is 34.9 Å². The van der Waals surface area contributed by atoms with E-state index in [1.165, 1.54) is 24.8 Å². The van der Waals surface area contributed by atoms with Crippen molar-refractivity contribution >= 4 is 9.84 Å². The standard InChI is InChI=1S/C28H44O3S/c1-18(2)19(3)8-9-20(4)25-12-13-26-21(7-6-14-28(25,26)5)15-27-24-16-23(29)11-10-22(24)17-32(27,30)31/h8-9,15,18-20,23,25-27,29H,6-7,10-14,16-17H2,1-5H3/b9-8+,21-15-/t19-,20+,23?,25+,26?,27?,28+/m0/s1. The second-order valence-corrected chi connectivity index (χ2v) is 14.1. The molecule has 4 heteroatoms. The van der Waals surface area contributed by atoms with E-state index < -0.39 is 15.1 Å². The summed E-state index contributed by atoms with van der Waals surface area (Å²) in [4.78, 5) is 0. The molecular weight excluding hydrogens is 416 g/mol. The molecule has 0 amide bonds. The minimum Gasteiger partial charge on any atom is -0.393 e. The third kappa shape index (κ3) is 4.43. The van der Waals surface area contributed by atoms with Gasteiger partial charge in [-0.2, -0.15) is 0 Å². The summed E-state index contributed by atoms with van der Waals surface area (Å²) in [6, 6.07) is 0. The van der Waals surface area contributed by atoms with E-state index in [4.69, 9.17) is 0 Å². The first-order valence-electron chi connectivity index (χ1n) is 13.0. The average molecular weight is 461 g/mol. The topological polar surface area (TPSA) is 54.4 Å². The second kappa shape index (κ2) is 9.06. The van der Waals surface area contributed by atoms with Crippen LogP contribution in [0.2, 0.25) is 0 Å². The lowest BCUT2D eigenvalue weighted by molar-refractivity contribution is 0.111. The molecule has 1 aliphatic heterocycles. The van der Waals surface area contributed by atoms with Gasteiger partial charge in [-0.1, -0.05) is 64.0 Å². The van der Waals surface area contributed by atoms with Crippen LogP contribution in [0.3, 0.4) is 0 Å². The molecule has 3 nitrogen and oxygen atoms in total. The molecule has 4 rings (SSSR count). The number of fused-ring (bicyclic) bond motifs is 1. The predicted octanol–water partition coefficient (Wildman–Crippen LogP) is 6.25. The maximum atomic E-state index is 13.1. The molecule has 2 saturated carbocycles. The largest absolute Gasteiger partial charge is 0.393 e. The highest BCUT2D eigenvalue weighted by atomic mass is 32.2. The lowest BCUT2D eigenvalue weighted by Gasteiger charge is -2.44. The number of hydrogen-bond donors (Lipinski definition) is 1. The molecule has 0 aromatic rings. The van der Waals surface area contributed by atoms with Crippen LogP contribution in [0.25, 0.3) is 0 Å². The maximum Gasteiger partial charge on any atom is 0.164 e. The van der Waals surface area contributed by atoms with Crippen molar-refractivity contribution in [2.24, 2.45) is 35.0 Å². The Hall–Kier alpha value is -0.870. The molecule has 3 unspecified atom stereocenters. The summed E-state index contributed by atoms with van der Waals surface area (Å²) in [6.07, 6.45) is 14.5. The van der Waals surface area contributed by atoms with E-state index in [9.17, 15) is 13.5 Å². The van der Waals surface area contributed by atoms with Gasteiger partial charge in [0, 0.05) is 0 Å². The number of hydrogen-bond acceptors (Lipinski definition) is 3. The molecule has 4 aliphatic rings. The van der Waals surface area contributed by atoms with Crippen molar-refractivity contribution in [3.8, 4) is 0 Å². The van der Waals surface area contributed by atoms with Crippen molar-refractivity contribution in [2.45, 2.75) is 97.3 Å². The van der Waals surface area contributed by atoms with Crippen LogP contribution in [0.5, 0.6) is 0 Å².